The average Bonchev–Trinajstić information content (AvgIpc) is 3.14. The highest BCUT2D eigenvalue weighted by Gasteiger charge is 2.14. The number of carbonyl (C=O) groups excluding carboxylic acids is 1. The van der Waals surface area contributed by atoms with E-state index in [1.165, 1.54) is 11.3 Å². The molecule has 2 heterocycles. The number of guanidine groups is 1. The standard InChI is InChI=1S/C18H28N6O2.HI/c1-6-20-18(21-10-14-7-8-16(26-14)17(19)25)22-11(2)9-15-12(3)23-24(5)13(15)4;/h7-8,11H,6,9-10H2,1-5H3,(H2,19,25)(H2,20,21,22);1H. The van der Waals surface area contributed by atoms with Gasteiger partial charge in [-0.15, -0.1) is 24.0 Å². The van der Waals surface area contributed by atoms with Crippen molar-refractivity contribution in [1.82, 2.24) is 20.4 Å². The van der Waals surface area contributed by atoms with E-state index in [1.807, 2.05) is 25.6 Å². The van der Waals surface area contributed by atoms with Crippen molar-refractivity contribution < 1.29 is 9.21 Å². The van der Waals surface area contributed by atoms with Crippen LogP contribution in [0, 0.1) is 13.8 Å². The summed E-state index contributed by atoms with van der Waals surface area (Å²) in [6.07, 6.45) is 0.850. The molecule has 0 aliphatic heterocycles. The van der Waals surface area contributed by atoms with Crippen LogP contribution in [0.25, 0.3) is 0 Å². The van der Waals surface area contributed by atoms with E-state index in [0.717, 1.165) is 18.7 Å². The Hall–Kier alpha value is -2.04. The van der Waals surface area contributed by atoms with Gasteiger partial charge in [-0.2, -0.15) is 5.10 Å². The lowest BCUT2D eigenvalue weighted by molar-refractivity contribution is 0.0972. The molecule has 8 nitrogen and oxygen atoms in total. The van der Waals surface area contributed by atoms with E-state index < -0.39 is 5.91 Å². The number of carbonyl (C=O) groups is 1. The Morgan fingerprint density at radius 3 is 2.63 bits per heavy atom. The molecule has 9 heteroatoms. The van der Waals surface area contributed by atoms with E-state index in [9.17, 15) is 4.79 Å². The van der Waals surface area contributed by atoms with Crippen LogP contribution in [0.1, 0.15) is 47.1 Å². The lowest BCUT2D eigenvalue weighted by Crippen LogP contribution is -2.43. The molecule has 0 radical (unpaired) electrons. The van der Waals surface area contributed by atoms with Crippen LogP contribution in [0.3, 0.4) is 0 Å². The normalized spacial score (nSPS) is 12.4. The summed E-state index contributed by atoms with van der Waals surface area (Å²) >= 11 is 0. The van der Waals surface area contributed by atoms with Gasteiger partial charge in [0, 0.05) is 25.3 Å². The Morgan fingerprint density at radius 2 is 2.11 bits per heavy atom. The number of hydrogen-bond donors (Lipinski definition) is 3. The van der Waals surface area contributed by atoms with Crippen LogP contribution in [0.15, 0.2) is 21.5 Å². The van der Waals surface area contributed by atoms with Gasteiger partial charge in [-0.05, 0) is 51.8 Å². The summed E-state index contributed by atoms with van der Waals surface area (Å²) in [5, 5.41) is 11.1. The zero-order valence-corrected chi connectivity index (χ0v) is 18.8. The summed E-state index contributed by atoms with van der Waals surface area (Å²) in [6.45, 7) is 9.29. The van der Waals surface area contributed by atoms with Crippen molar-refractivity contribution in [3.05, 3.63) is 40.6 Å². The van der Waals surface area contributed by atoms with E-state index in [2.05, 4.69) is 34.6 Å². The van der Waals surface area contributed by atoms with E-state index in [1.54, 1.807) is 12.1 Å². The number of aliphatic imine (C=N–C) groups is 1. The molecule has 0 aliphatic rings. The Labute approximate surface area is 177 Å². The monoisotopic (exact) mass is 488 g/mol. The Bertz CT molecular complexity index is 796. The van der Waals surface area contributed by atoms with Gasteiger partial charge in [-0.3, -0.25) is 9.48 Å². The van der Waals surface area contributed by atoms with Gasteiger partial charge in [0.25, 0.3) is 5.91 Å². The van der Waals surface area contributed by atoms with E-state index in [4.69, 9.17) is 10.2 Å². The summed E-state index contributed by atoms with van der Waals surface area (Å²) in [6, 6.07) is 3.44. The minimum absolute atomic E-state index is 0. The minimum Gasteiger partial charge on any atom is -0.454 e. The number of primary amides is 1. The first-order chi connectivity index (χ1) is 12.3. The smallest absolute Gasteiger partial charge is 0.284 e. The van der Waals surface area contributed by atoms with Crippen LogP contribution >= 0.6 is 24.0 Å². The molecule has 1 atom stereocenters. The number of nitrogens with one attached hydrogen (secondary N) is 2. The van der Waals surface area contributed by atoms with Crippen molar-refractivity contribution in [3.63, 3.8) is 0 Å². The SMILES string of the molecule is CCNC(=NCc1ccc(C(N)=O)o1)NC(C)Cc1c(C)nn(C)c1C.I. The fourth-order valence-corrected chi connectivity index (χ4v) is 2.78. The van der Waals surface area contributed by atoms with Gasteiger partial charge in [-0.25, -0.2) is 4.99 Å². The molecule has 2 aromatic rings. The van der Waals surface area contributed by atoms with Crippen molar-refractivity contribution in [2.24, 2.45) is 17.8 Å². The van der Waals surface area contributed by atoms with Crippen molar-refractivity contribution >= 4 is 35.8 Å². The highest BCUT2D eigenvalue weighted by atomic mass is 127. The predicted octanol–water partition coefficient (Wildman–Crippen LogP) is 2.03. The second-order valence-corrected chi connectivity index (χ2v) is 6.35. The molecule has 0 saturated carbocycles. The van der Waals surface area contributed by atoms with Crippen LogP contribution in [-0.4, -0.2) is 34.2 Å². The van der Waals surface area contributed by atoms with Gasteiger partial charge in [-0.1, -0.05) is 0 Å². The molecule has 2 aromatic heterocycles. The topological polar surface area (TPSA) is 110 Å². The number of amides is 1. The second-order valence-electron chi connectivity index (χ2n) is 6.35. The molecule has 2 rings (SSSR count). The van der Waals surface area contributed by atoms with Gasteiger partial charge in [0.2, 0.25) is 0 Å². The lowest BCUT2D eigenvalue weighted by atomic mass is 10.1. The summed E-state index contributed by atoms with van der Waals surface area (Å²) in [4.78, 5) is 15.6. The molecule has 0 aromatic carbocycles. The molecule has 150 valence electrons. The largest absolute Gasteiger partial charge is 0.454 e. The number of rotatable bonds is 7. The molecule has 0 aliphatic carbocycles. The molecular weight excluding hydrogens is 459 g/mol. The third kappa shape index (κ3) is 6.26. The number of aryl methyl sites for hydroxylation is 2. The highest BCUT2D eigenvalue weighted by Crippen LogP contribution is 2.14. The highest BCUT2D eigenvalue weighted by molar-refractivity contribution is 14.0. The number of halogens is 1. The van der Waals surface area contributed by atoms with E-state index in [0.29, 0.717) is 18.3 Å². The van der Waals surface area contributed by atoms with Crippen molar-refractivity contribution in [2.45, 2.75) is 46.7 Å². The van der Waals surface area contributed by atoms with Crippen molar-refractivity contribution in [2.75, 3.05) is 6.54 Å². The Balaban J connectivity index is 0.00000364. The molecule has 0 saturated heterocycles. The fourth-order valence-electron chi connectivity index (χ4n) is 2.78. The van der Waals surface area contributed by atoms with Crippen LogP contribution in [-0.2, 0) is 20.0 Å². The van der Waals surface area contributed by atoms with Crippen LogP contribution in [0.2, 0.25) is 0 Å². The summed E-state index contributed by atoms with van der Waals surface area (Å²) in [5.74, 6) is 0.837. The van der Waals surface area contributed by atoms with Crippen molar-refractivity contribution in [1.29, 1.82) is 0 Å². The summed E-state index contributed by atoms with van der Waals surface area (Å²) in [5.41, 5.74) is 8.67. The molecular formula is C18H29IN6O2. The summed E-state index contributed by atoms with van der Waals surface area (Å²) < 4.78 is 7.27. The minimum atomic E-state index is -0.582. The number of furan rings is 1. The first kappa shape index (κ1) is 23.0. The van der Waals surface area contributed by atoms with Crippen molar-refractivity contribution in [3.8, 4) is 0 Å². The van der Waals surface area contributed by atoms with Gasteiger partial charge in [0.05, 0.1) is 5.69 Å². The number of hydrogen-bond acceptors (Lipinski definition) is 4. The maximum absolute atomic E-state index is 11.1. The fraction of sp³-hybridized carbons (Fsp3) is 0.500. The molecule has 27 heavy (non-hydrogen) atoms. The first-order valence-corrected chi connectivity index (χ1v) is 8.74. The molecule has 4 N–H and O–H groups in total. The van der Waals surface area contributed by atoms with E-state index >= 15 is 0 Å². The van der Waals surface area contributed by atoms with Gasteiger partial charge in [0.15, 0.2) is 11.7 Å². The summed E-state index contributed by atoms with van der Waals surface area (Å²) in [7, 11) is 1.96. The lowest BCUT2D eigenvalue weighted by Gasteiger charge is -2.18. The predicted molar refractivity (Wildman–Crippen MR) is 116 cm³/mol. The van der Waals surface area contributed by atoms with E-state index in [-0.39, 0.29) is 35.8 Å². The quantitative estimate of drug-likeness (QED) is 0.314. The molecule has 1 unspecified atom stereocenters. The van der Waals surface area contributed by atoms with Gasteiger partial charge >= 0.3 is 0 Å². The number of nitrogens with two attached hydrogens (primary N) is 1. The van der Waals surface area contributed by atoms with Crippen LogP contribution < -0.4 is 16.4 Å². The Kier molecular flexibility index (Phi) is 8.80. The first-order valence-electron chi connectivity index (χ1n) is 8.74. The van der Waals surface area contributed by atoms with Crippen LogP contribution in [0.5, 0.6) is 0 Å². The number of nitrogens with zero attached hydrogens (tertiary/aromatic N) is 3. The zero-order chi connectivity index (χ0) is 19.3. The maximum atomic E-state index is 11.1. The molecule has 0 fully saturated rings. The van der Waals surface area contributed by atoms with Crippen LogP contribution in [0.4, 0.5) is 0 Å². The Morgan fingerprint density at radius 1 is 1.41 bits per heavy atom. The molecule has 0 bridgehead atoms. The third-order valence-corrected chi connectivity index (χ3v) is 4.19. The molecule has 0 spiro atoms. The maximum Gasteiger partial charge on any atom is 0.284 e. The molecule has 1 amide bonds. The van der Waals surface area contributed by atoms with Gasteiger partial charge < -0.3 is 20.8 Å². The average molecular weight is 488 g/mol. The number of aromatic nitrogens is 2. The van der Waals surface area contributed by atoms with Gasteiger partial charge in [0.1, 0.15) is 12.3 Å². The third-order valence-electron chi connectivity index (χ3n) is 4.19. The zero-order valence-electron chi connectivity index (χ0n) is 16.5. The second kappa shape index (κ2) is 10.3.